The Kier molecular flexibility index (Phi) is 7.27. The van der Waals surface area contributed by atoms with Gasteiger partial charge in [-0.3, -0.25) is 4.98 Å². The van der Waals surface area contributed by atoms with Crippen LogP contribution >= 0.6 is 0 Å². The first-order chi connectivity index (χ1) is 17.2. The summed E-state index contributed by atoms with van der Waals surface area (Å²) in [5.74, 6) is 3.41. The van der Waals surface area contributed by atoms with E-state index in [0.717, 1.165) is 38.9 Å². The van der Waals surface area contributed by atoms with E-state index in [9.17, 15) is 4.79 Å². The van der Waals surface area contributed by atoms with Gasteiger partial charge in [0.15, 0.2) is 0 Å². The van der Waals surface area contributed by atoms with Crippen LogP contribution in [0.2, 0.25) is 19.6 Å². The summed E-state index contributed by atoms with van der Waals surface area (Å²) in [6.45, 7) is 11.2. The van der Waals surface area contributed by atoms with E-state index in [0.29, 0.717) is 18.1 Å². The fourth-order valence-electron chi connectivity index (χ4n) is 4.17. The molecule has 1 aromatic carbocycles. The quantitative estimate of drug-likeness (QED) is 0.189. The second-order valence-corrected chi connectivity index (χ2v) is 14.4. The molecule has 3 aromatic heterocycles. The molecule has 0 aliphatic heterocycles. The molecule has 4 rings (SSSR count). The Labute approximate surface area is 213 Å². The van der Waals surface area contributed by atoms with Crippen molar-refractivity contribution in [2.75, 3.05) is 13.7 Å². The summed E-state index contributed by atoms with van der Waals surface area (Å²) < 4.78 is 13.2. The molecule has 6 nitrogen and oxygen atoms in total. The van der Waals surface area contributed by atoms with Crippen molar-refractivity contribution in [3.63, 3.8) is 0 Å². The van der Waals surface area contributed by atoms with Crippen molar-refractivity contribution in [2.24, 2.45) is 0 Å². The SMILES string of the molecule is CCOC(=O)c1c(-c2cccnc2OC)c2cc(C#C[Si](C)(C)C)ccc2n1Cc1ccnc(C)c1. The van der Waals surface area contributed by atoms with Gasteiger partial charge in [-0.1, -0.05) is 25.6 Å². The standard InChI is InChI=1S/C29H31N3O3Si/c1-7-35-29(33)27-26(23-9-8-14-31-28(23)34-3)24-18-21(13-16-36(4,5)6)10-11-25(24)32(27)19-22-12-15-30-20(2)17-22/h8-12,14-15,17-18H,7,19H2,1-6H3. The Morgan fingerprint density at radius 1 is 1.08 bits per heavy atom. The van der Waals surface area contributed by atoms with E-state index in [1.807, 2.05) is 54.8 Å². The minimum absolute atomic E-state index is 0.269. The number of rotatable bonds is 6. The highest BCUT2D eigenvalue weighted by Crippen LogP contribution is 2.40. The Hall–Kier alpha value is -3.89. The first-order valence-corrected chi connectivity index (χ1v) is 15.5. The Morgan fingerprint density at radius 2 is 1.89 bits per heavy atom. The van der Waals surface area contributed by atoms with Gasteiger partial charge in [0.1, 0.15) is 13.8 Å². The van der Waals surface area contributed by atoms with Crippen LogP contribution in [0.5, 0.6) is 5.88 Å². The molecule has 0 radical (unpaired) electrons. The second kappa shape index (κ2) is 10.4. The van der Waals surface area contributed by atoms with Crippen molar-refractivity contribution in [1.82, 2.24) is 14.5 Å². The summed E-state index contributed by atoms with van der Waals surface area (Å²) >= 11 is 0. The number of hydrogen-bond acceptors (Lipinski definition) is 5. The van der Waals surface area contributed by atoms with Gasteiger partial charge in [-0.25, -0.2) is 9.78 Å². The number of aryl methyl sites for hydroxylation is 1. The third-order valence-corrected chi connectivity index (χ3v) is 6.52. The number of esters is 1. The van der Waals surface area contributed by atoms with E-state index in [4.69, 9.17) is 9.47 Å². The van der Waals surface area contributed by atoms with Crippen molar-refractivity contribution >= 4 is 24.9 Å². The summed E-state index contributed by atoms with van der Waals surface area (Å²) in [6, 6.07) is 13.9. The lowest BCUT2D eigenvalue weighted by Crippen LogP contribution is -2.16. The van der Waals surface area contributed by atoms with Gasteiger partial charge in [-0.15, -0.1) is 5.54 Å². The molecular weight excluding hydrogens is 466 g/mol. The summed E-state index contributed by atoms with van der Waals surface area (Å²) in [5.41, 5.74) is 9.13. The fraction of sp³-hybridized carbons (Fsp3) is 0.276. The van der Waals surface area contributed by atoms with Gasteiger partial charge >= 0.3 is 5.97 Å². The van der Waals surface area contributed by atoms with Crippen molar-refractivity contribution < 1.29 is 14.3 Å². The molecule has 0 N–H and O–H groups in total. The molecule has 0 fully saturated rings. The van der Waals surface area contributed by atoms with Crippen LogP contribution in [-0.4, -0.2) is 42.3 Å². The lowest BCUT2D eigenvalue weighted by atomic mass is 10.0. The van der Waals surface area contributed by atoms with Crippen molar-refractivity contribution in [1.29, 1.82) is 0 Å². The highest BCUT2D eigenvalue weighted by atomic mass is 28.3. The molecule has 0 aliphatic carbocycles. The lowest BCUT2D eigenvalue weighted by Gasteiger charge is -2.13. The number of aromatic nitrogens is 3. The third kappa shape index (κ3) is 5.34. The molecule has 0 aliphatic rings. The molecular formula is C29H31N3O3Si. The average molecular weight is 498 g/mol. The van der Waals surface area contributed by atoms with Crippen molar-refractivity contribution in [2.45, 2.75) is 40.0 Å². The maximum Gasteiger partial charge on any atom is 0.355 e. The summed E-state index contributed by atoms with van der Waals surface area (Å²) in [7, 11) is 0.0162. The van der Waals surface area contributed by atoms with Crippen molar-refractivity contribution in [3.8, 4) is 28.5 Å². The molecule has 3 heterocycles. The number of fused-ring (bicyclic) bond motifs is 1. The van der Waals surface area contributed by atoms with Gasteiger partial charge in [0.25, 0.3) is 0 Å². The normalized spacial score (nSPS) is 11.2. The fourth-order valence-corrected chi connectivity index (χ4v) is 4.69. The molecule has 0 spiro atoms. The zero-order chi connectivity index (χ0) is 25.9. The minimum Gasteiger partial charge on any atom is -0.481 e. The van der Waals surface area contributed by atoms with E-state index >= 15 is 0 Å². The molecule has 0 saturated heterocycles. The lowest BCUT2D eigenvalue weighted by molar-refractivity contribution is 0.0516. The maximum atomic E-state index is 13.5. The minimum atomic E-state index is -1.57. The highest BCUT2D eigenvalue weighted by Gasteiger charge is 2.27. The van der Waals surface area contributed by atoms with Crippen LogP contribution in [0.1, 0.15) is 34.2 Å². The molecule has 4 aromatic rings. The Balaban J connectivity index is 2.07. The summed E-state index contributed by atoms with van der Waals surface area (Å²) in [5, 5.41) is 0.900. The van der Waals surface area contributed by atoms with Gasteiger partial charge in [0.05, 0.1) is 13.7 Å². The van der Waals surface area contributed by atoms with E-state index in [1.54, 1.807) is 19.5 Å². The van der Waals surface area contributed by atoms with E-state index < -0.39 is 14.0 Å². The number of nitrogens with zero attached hydrogens (tertiary/aromatic N) is 3. The van der Waals surface area contributed by atoms with Crippen molar-refractivity contribution in [3.05, 3.63) is 77.4 Å². The Bertz CT molecular complexity index is 1490. The predicted octanol–water partition coefficient (Wildman–Crippen LogP) is 5.87. The van der Waals surface area contributed by atoms with Crippen LogP contribution in [-0.2, 0) is 11.3 Å². The topological polar surface area (TPSA) is 66.2 Å². The van der Waals surface area contributed by atoms with Gasteiger partial charge in [0, 0.05) is 52.2 Å². The molecule has 0 bridgehead atoms. The molecule has 0 unspecified atom stereocenters. The van der Waals surface area contributed by atoms with E-state index in [1.165, 1.54) is 0 Å². The third-order valence-electron chi connectivity index (χ3n) is 5.65. The number of carbonyl (C=O) groups excluding carboxylic acids is 1. The number of pyridine rings is 2. The number of carbonyl (C=O) groups is 1. The van der Waals surface area contributed by atoms with Crippen LogP contribution in [0.4, 0.5) is 0 Å². The van der Waals surface area contributed by atoms with Gasteiger partial charge in [0.2, 0.25) is 5.88 Å². The zero-order valence-corrected chi connectivity index (χ0v) is 22.7. The Morgan fingerprint density at radius 3 is 2.58 bits per heavy atom. The monoisotopic (exact) mass is 497 g/mol. The molecule has 0 amide bonds. The molecule has 36 heavy (non-hydrogen) atoms. The van der Waals surface area contributed by atoms with Crippen LogP contribution in [0.3, 0.4) is 0 Å². The van der Waals surface area contributed by atoms with Gasteiger partial charge in [-0.05, 0) is 61.9 Å². The van der Waals surface area contributed by atoms with Crippen LogP contribution in [0.15, 0.2) is 54.9 Å². The smallest absolute Gasteiger partial charge is 0.355 e. The second-order valence-electron chi connectivity index (χ2n) is 9.63. The molecule has 0 saturated carbocycles. The van der Waals surface area contributed by atoms with E-state index in [2.05, 4.69) is 47.1 Å². The zero-order valence-electron chi connectivity index (χ0n) is 21.7. The van der Waals surface area contributed by atoms with E-state index in [-0.39, 0.29) is 6.61 Å². The van der Waals surface area contributed by atoms with Gasteiger partial charge < -0.3 is 14.0 Å². The molecule has 184 valence electrons. The van der Waals surface area contributed by atoms with Crippen LogP contribution in [0, 0.1) is 18.4 Å². The predicted molar refractivity (Wildman–Crippen MR) is 146 cm³/mol. The maximum absolute atomic E-state index is 13.5. The number of benzene rings is 1. The first-order valence-electron chi connectivity index (χ1n) is 12.0. The summed E-state index contributed by atoms with van der Waals surface area (Å²) in [4.78, 5) is 22.2. The average Bonchev–Trinajstić information content (AvgIpc) is 3.15. The number of hydrogen-bond donors (Lipinski definition) is 0. The highest BCUT2D eigenvalue weighted by molar-refractivity contribution is 6.83. The van der Waals surface area contributed by atoms with Gasteiger partial charge in [-0.2, -0.15) is 0 Å². The molecule has 7 heteroatoms. The van der Waals surface area contributed by atoms with Crippen LogP contribution in [0.25, 0.3) is 22.0 Å². The molecule has 0 atom stereocenters. The largest absolute Gasteiger partial charge is 0.481 e. The number of methoxy groups -OCH3 is 1. The summed E-state index contributed by atoms with van der Waals surface area (Å²) in [6.07, 6.45) is 3.46. The number of ether oxygens (including phenoxy) is 2. The first kappa shape index (κ1) is 25.2. The van der Waals surface area contributed by atoms with Crippen LogP contribution < -0.4 is 4.74 Å².